The van der Waals surface area contributed by atoms with Crippen molar-refractivity contribution in [3.8, 4) is 5.75 Å². The molecule has 0 spiro atoms. The van der Waals surface area contributed by atoms with Crippen molar-refractivity contribution < 1.29 is 17.9 Å². The van der Waals surface area contributed by atoms with Crippen molar-refractivity contribution in [2.75, 3.05) is 24.6 Å². The molecule has 0 radical (unpaired) electrons. The predicted octanol–water partition coefficient (Wildman–Crippen LogP) is 5.57. The van der Waals surface area contributed by atoms with Crippen LogP contribution in [0.15, 0.2) is 22.7 Å². The van der Waals surface area contributed by atoms with E-state index in [0.29, 0.717) is 46.8 Å². The van der Waals surface area contributed by atoms with Gasteiger partial charge in [0.25, 0.3) is 0 Å². The largest absolute Gasteiger partial charge is 0.573 e. The molecule has 34 heavy (non-hydrogen) atoms. The third-order valence-corrected chi connectivity index (χ3v) is 7.49. The number of aromatic nitrogens is 2. The highest BCUT2D eigenvalue weighted by molar-refractivity contribution is 9.10. The molecule has 4 N–H and O–H groups in total. The molecule has 2 aromatic rings. The summed E-state index contributed by atoms with van der Waals surface area (Å²) in [7, 11) is 1.88. The van der Waals surface area contributed by atoms with Crippen LogP contribution in [0.25, 0.3) is 0 Å². The second-order valence-corrected chi connectivity index (χ2v) is 10.1. The lowest BCUT2D eigenvalue weighted by molar-refractivity contribution is -0.274. The number of benzene rings is 1. The molecule has 2 aliphatic rings. The fourth-order valence-electron chi connectivity index (χ4n) is 5.50. The Morgan fingerprint density at radius 2 is 1.91 bits per heavy atom. The van der Waals surface area contributed by atoms with E-state index in [9.17, 15) is 13.2 Å². The number of fused-ring (bicyclic) bond motifs is 1. The molecule has 1 heterocycles. The van der Waals surface area contributed by atoms with Gasteiger partial charge in [-0.2, -0.15) is 4.98 Å². The summed E-state index contributed by atoms with van der Waals surface area (Å²) >= 11 is 3.21. The van der Waals surface area contributed by atoms with Gasteiger partial charge in [0.05, 0.1) is 5.69 Å². The molecular weight excluding hydrogens is 511 g/mol. The minimum atomic E-state index is -4.71. The first-order valence-electron chi connectivity index (χ1n) is 11.8. The Bertz CT molecular complexity index is 978. The number of nitrogen functional groups attached to an aromatic ring is 1. The molecule has 1 unspecified atom stereocenters. The number of alkyl halides is 3. The lowest BCUT2D eigenvalue weighted by Crippen LogP contribution is -2.36. The van der Waals surface area contributed by atoms with Crippen LogP contribution in [0.4, 0.5) is 24.9 Å². The van der Waals surface area contributed by atoms with E-state index in [1.165, 1.54) is 11.6 Å². The minimum Gasteiger partial charge on any atom is -0.405 e. The second kappa shape index (κ2) is 10.7. The van der Waals surface area contributed by atoms with Crippen molar-refractivity contribution >= 4 is 27.7 Å². The molecule has 4 rings (SSSR count). The zero-order valence-electron chi connectivity index (χ0n) is 19.2. The number of nitrogens with one attached hydrogen (secondary N) is 2. The first-order chi connectivity index (χ1) is 16.2. The molecule has 0 bridgehead atoms. The quantitative estimate of drug-likeness (QED) is 0.424. The minimum absolute atomic E-state index is 0.147. The Morgan fingerprint density at radius 3 is 2.62 bits per heavy atom. The molecule has 2 aliphatic carbocycles. The lowest BCUT2D eigenvalue weighted by Gasteiger charge is -2.37. The number of rotatable bonds is 7. The number of halogens is 4. The maximum Gasteiger partial charge on any atom is 0.573 e. The van der Waals surface area contributed by atoms with Gasteiger partial charge in [0.15, 0.2) is 0 Å². The molecular formula is C24H31BrF3N5O. The maximum atomic E-state index is 12.7. The Kier molecular flexibility index (Phi) is 7.87. The summed E-state index contributed by atoms with van der Waals surface area (Å²) in [6.07, 6.45) is 3.28. The van der Waals surface area contributed by atoms with Gasteiger partial charge >= 0.3 is 6.36 Å². The molecule has 1 aromatic heterocycles. The van der Waals surface area contributed by atoms with E-state index in [-0.39, 0.29) is 5.75 Å². The summed E-state index contributed by atoms with van der Waals surface area (Å²) in [5, 5.41) is 6.76. The van der Waals surface area contributed by atoms with Crippen molar-refractivity contribution in [2.45, 2.75) is 69.7 Å². The van der Waals surface area contributed by atoms with Gasteiger partial charge in [-0.25, -0.2) is 4.98 Å². The average molecular weight is 542 g/mol. The van der Waals surface area contributed by atoms with E-state index < -0.39 is 6.36 Å². The first kappa shape index (κ1) is 25.0. The van der Waals surface area contributed by atoms with E-state index in [0.717, 1.165) is 56.5 Å². The molecule has 0 amide bonds. The van der Waals surface area contributed by atoms with Crippen LogP contribution in [-0.2, 0) is 12.8 Å². The fraction of sp³-hybridized carbons (Fsp3) is 0.583. The van der Waals surface area contributed by atoms with Gasteiger partial charge in [-0.1, -0.05) is 22.0 Å². The molecule has 6 nitrogen and oxygen atoms in total. The molecule has 1 aromatic carbocycles. The summed E-state index contributed by atoms with van der Waals surface area (Å²) in [5.74, 6) is 2.06. The molecule has 0 saturated heterocycles. The average Bonchev–Trinajstić information content (AvgIpc) is 2.79. The number of hydrogen-bond acceptors (Lipinski definition) is 6. The number of aryl methyl sites for hydroxylation is 1. The number of ether oxygens (including phenoxy) is 1. The summed E-state index contributed by atoms with van der Waals surface area (Å²) in [5.41, 5.74) is 8.77. The predicted molar refractivity (Wildman–Crippen MR) is 130 cm³/mol. The smallest absolute Gasteiger partial charge is 0.405 e. The molecule has 1 fully saturated rings. The monoisotopic (exact) mass is 541 g/mol. The summed E-state index contributed by atoms with van der Waals surface area (Å²) in [6.45, 7) is 0.606. The molecule has 186 valence electrons. The van der Waals surface area contributed by atoms with Crippen molar-refractivity contribution in [3.63, 3.8) is 0 Å². The van der Waals surface area contributed by atoms with Gasteiger partial charge in [0, 0.05) is 23.1 Å². The number of anilines is 2. The highest BCUT2D eigenvalue weighted by Gasteiger charge is 2.34. The number of nitrogens with zero attached hydrogens (tertiary/aromatic N) is 2. The maximum absolute atomic E-state index is 12.7. The van der Waals surface area contributed by atoms with Crippen molar-refractivity contribution in [1.29, 1.82) is 0 Å². The molecule has 1 saturated carbocycles. The molecule has 1 atom stereocenters. The Balaban J connectivity index is 1.32. The van der Waals surface area contributed by atoms with Crippen LogP contribution in [-0.4, -0.2) is 36.0 Å². The third-order valence-electron chi connectivity index (χ3n) is 7.00. The fourth-order valence-corrected chi connectivity index (χ4v) is 5.84. The van der Waals surface area contributed by atoms with Crippen LogP contribution in [0.1, 0.15) is 61.3 Å². The van der Waals surface area contributed by atoms with Gasteiger partial charge in [-0.3, -0.25) is 0 Å². The Hall–Kier alpha value is -2.07. The first-order valence-corrected chi connectivity index (χ1v) is 12.6. The number of hydrogen-bond donors (Lipinski definition) is 3. The van der Waals surface area contributed by atoms with E-state index >= 15 is 0 Å². The highest BCUT2D eigenvalue weighted by Crippen LogP contribution is 2.45. The van der Waals surface area contributed by atoms with Crippen molar-refractivity contribution in [3.05, 3.63) is 39.5 Å². The Morgan fingerprint density at radius 1 is 1.15 bits per heavy atom. The van der Waals surface area contributed by atoms with Crippen LogP contribution in [0, 0.1) is 5.92 Å². The van der Waals surface area contributed by atoms with Gasteiger partial charge < -0.3 is 21.1 Å². The van der Waals surface area contributed by atoms with E-state index in [2.05, 4.69) is 41.3 Å². The molecule has 0 aliphatic heterocycles. The normalized spacial score (nSPS) is 22.8. The zero-order chi connectivity index (χ0) is 24.3. The van der Waals surface area contributed by atoms with Crippen molar-refractivity contribution in [2.24, 2.45) is 5.92 Å². The topological polar surface area (TPSA) is 85.1 Å². The third kappa shape index (κ3) is 6.13. The van der Waals surface area contributed by atoms with Crippen molar-refractivity contribution in [1.82, 2.24) is 15.3 Å². The SMILES string of the molecule is CNc1nc(N)nc2c1C(C1CCC(NCCc3ccc(Br)cc3OC(F)(F)F)CC1)CCC2. The van der Waals surface area contributed by atoms with Crippen LogP contribution >= 0.6 is 15.9 Å². The summed E-state index contributed by atoms with van der Waals surface area (Å²) in [4.78, 5) is 8.95. The standard InChI is InChI=1S/C24H31BrF3N5O/c1-30-22-21-18(3-2-4-19(21)32-23(29)33-22)14-6-9-17(10-7-14)31-12-11-15-5-8-16(25)13-20(15)34-24(26,27)28/h5,8,13-14,17-18,31H,2-4,6-7,9-12H2,1H3,(H3,29,30,32,33). The zero-order valence-corrected chi connectivity index (χ0v) is 20.8. The van der Waals surface area contributed by atoms with Crippen LogP contribution in [0.3, 0.4) is 0 Å². The van der Waals surface area contributed by atoms with E-state index in [4.69, 9.17) is 5.73 Å². The van der Waals surface area contributed by atoms with Crippen LogP contribution < -0.4 is 21.1 Å². The van der Waals surface area contributed by atoms with Gasteiger partial charge in [-0.05, 0) is 87.4 Å². The van der Waals surface area contributed by atoms with Gasteiger partial charge in [0.2, 0.25) is 5.95 Å². The van der Waals surface area contributed by atoms with E-state index in [1.54, 1.807) is 12.1 Å². The van der Waals surface area contributed by atoms with Crippen LogP contribution in [0.2, 0.25) is 0 Å². The van der Waals surface area contributed by atoms with Gasteiger partial charge in [-0.15, -0.1) is 13.2 Å². The second-order valence-electron chi connectivity index (χ2n) is 9.16. The van der Waals surface area contributed by atoms with E-state index in [1.807, 2.05) is 7.05 Å². The Labute approximate surface area is 206 Å². The highest BCUT2D eigenvalue weighted by atomic mass is 79.9. The van der Waals surface area contributed by atoms with Gasteiger partial charge in [0.1, 0.15) is 11.6 Å². The number of nitrogens with two attached hydrogens (primary N) is 1. The molecule has 10 heteroatoms. The lowest BCUT2D eigenvalue weighted by atomic mass is 9.71. The van der Waals surface area contributed by atoms with Crippen LogP contribution in [0.5, 0.6) is 5.75 Å². The summed E-state index contributed by atoms with van der Waals surface area (Å²) < 4.78 is 43.0. The summed E-state index contributed by atoms with van der Waals surface area (Å²) in [6, 6.07) is 5.15.